The smallest absolute Gasteiger partial charge is 0.408 e. The quantitative estimate of drug-likeness (QED) is 0.147. The molecule has 12 nitrogen and oxygen atoms in total. The number of nitrogens with two attached hydrogens (primary N) is 1. The summed E-state index contributed by atoms with van der Waals surface area (Å²) in [5, 5.41) is 11.0. The third-order valence-electron chi connectivity index (χ3n) is 7.41. The average Bonchev–Trinajstić information content (AvgIpc) is 3.12. The molecule has 6 aromatic rings. The minimum atomic E-state index is -4.44. The van der Waals surface area contributed by atoms with Crippen LogP contribution in [0.4, 0.5) is 25.0 Å². The summed E-state index contributed by atoms with van der Waals surface area (Å²) in [6, 6.07) is 19.7. The van der Waals surface area contributed by atoms with E-state index in [0.717, 1.165) is 28.1 Å². The van der Waals surface area contributed by atoms with Gasteiger partial charge >= 0.3 is 6.09 Å². The van der Waals surface area contributed by atoms with Gasteiger partial charge in [0.05, 0.1) is 30.7 Å². The third kappa shape index (κ3) is 7.36. The van der Waals surface area contributed by atoms with Crippen molar-refractivity contribution in [3.8, 4) is 39.3 Å². The number of hydrogen-bond donors (Lipinski definition) is 3. The fraction of sp³-hybridized carbons (Fsp3) is 0.0882. The maximum Gasteiger partial charge on any atom is 0.408 e. The first kappa shape index (κ1) is 32.7. The molecule has 248 valence electrons. The molecule has 0 aliphatic heterocycles. The van der Waals surface area contributed by atoms with Gasteiger partial charge in [-0.15, -0.1) is 0 Å². The molecular weight excluding hydrogens is 656 g/mol. The Hall–Kier alpha value is -6.22. The van der Waals surface area contributed by atoms with Crippen LogP contribution in [0, 0.1) is 11.6 Å². The Kier molecular flexibility index (Phi) is 9.26. The molecule has 0 unspecified atom stereocenters. The highest BCUT2D eigenvalue weighted by molar-refractivity contribution is 7.92. The van der Waals surface area contributed by atoms with E-state index in [1.807, 2.05) is 35.1 Å². The number of benzene rings is 3. The molecule has 0 saturated carbocycles. The minimum Gasteiger partial charge on any atom is -0.481 e. The van der Waals surface area contributed by atoms with E-state index >= 15 is 8.78 Å². The average molecular weight is 684 g/mol. The maximum absolute atomic E-state index is 15.6. The van der Waals surface area contributed by atoms with Crippen LogP contribution in [0.5, 0.6) is 5.88 Å². The molecule has 0 aliphatic carbocycles. The largest absolute Gasteiger partial charge is 0.481 e. The van der Waals surface area contributed by atoms with Crippen LogP contribution in [0.2, 0.25) is 0 Å². The van der Waals surface area contributed by atoms with Crippen LogP contribution >= 0.6 is 0 Å². The van der Waals surface area contributed by atoms with Crippen LogP contribution in [0.15, 0.2) is 97.6 Å². The highest BCUT2D eigenvalue weighted by Crippen LogP contribution is 2.37. The predicted octanol–water partition coefficient (Wildman–Crippen LogP) is 5.92. The maximum atomic E-state index is 15.6. The van der Waals surface area contributed by atoms with Crippen LogP contribution in [0.1, 0.15) is 5.56 Å². The van der Waals surface area contributed by atoms with E-state index in [-0.39, 0.29) is 23.6 Å². The zero-order valence-electron chi connectivity index (χ0n) is 25.7. The number of rotatable bonds is 10. The van der Waals surface area contributed by atoms with Gasteiger partial charge in [-0.05, 0) is 71.3 Å². The first-order valence-electron chi connectivity index (χ1n) is 14.6. The van der Waals surface area contributed by atoms with Gasteiger partial charge in [-0.1, -0.05) is 18.2 Å². The van der Waals surface area contributed by atoms with Crippen molar-refractivity contribution >= 4 is 38.4 Å². The number of halogens is 2. The molecule has 0 spiro atoms. The molecule has 49 heavy (non-hydrogen) atoms. The summed E-state index contributed by atoms with van der Waals surface area (Å²) in [5.74, 6) is -3.97. The highest BCUT2D eigenvalue weighted by Gasteiger charge is 2.23. The molecule has 15 heteroatoms. The molecule has 0 fully saturated rings. The van der Waals surface area contributed by atoms with Gasteiger partial charge in [-0.3, -0.25) is 9.71 Å². The van der Waals surface area contributed by atoms with Gasteiger partial charge < -0.3 is 20.5 Å². The van der Waals surface area contributed by atoms with Gasteiger partial charge in [0.2, 0.25) is 11.8 Å². The molecular formula is C34H27F2N7O5S. The molecule has 0 saturated heterocycles. The number of ether oxygens (including phenoxy) is 2. The number of fused-ring (bicyclic) bond motifs is 1. The second-order valence-corrected chi connectivity index (χ2v) is 12.3. The van der Waals surface area contributed by atoms with Gasteiger partial charge in [0.1, 0.15) is 0 Å². The number of nitrogens with one attached hydrogen (secondary N) is 2. The van der Waals surface area contributed by atoms with Crippen molar-refractivity contribution in [1.29, 1.82) is 0 Å². The van der Waals surface area contributed by atoms with Crippen molar-refractivity contribution in [2.45, 2.75) is 6.54 Å². The van der Waals surface area contributed by atoms with Gasteiger partial charge in [0.25, 0.3) is 10.0 Å². The van der Waals surface area contributed by atoms with Crippen molar-refractivity contribution in [2.75, 3.05) is 23.5 Å². The van der Waals surface area contributed by atoms with Crippen molar-refractivity contribution in [2.24, 2.45) is 0 Å². The molecule has 0 atom stereocenters. The topological polar surface area (TPSA) is 171 Å². The number of anilines is 2. The number of carbonyl (C=O) groups excluding carboxylic acids is 1. The Morgan fingerprint density at radius 2 is 1.63 bits per heavy atom. The highest BCUT2D eigenvalue weighted by atomic mass is 32.2. The number of sulfonamides is 1. The van der Waals surface area contributed by atoms with Crippen LogP contribution in [0.3, 0.4) is 0 Å². The lowest BCUT2D eigenvalue weighted by Crippen LogP contribution is -2.28. The fourth-order valence-electron chi connectivity index (χ4n) is 5.02. The SMILES string of the molecule is COc1ncc(-c2ccc3nccc(-c4ccnnc4)c3c2)cc1-c1ccc(NS(=O)(=O)COC(=O)NCc2ccc(N)cc2)c(F)c1F. The second-order valence-electron chi connectivity index (χ2n) is 10.7. The lowest BCUT2D eigenvalue weighted by Gasteiger charge is -2.14. The standard InChI is InChI=1S/C34H27F2N7O5S/c1-47-33-28(15-23(17-39-33)21-4-8-29-27(14-21)25(11-12-38-29)22-10-13-41-42-18-22)26-7-9-30(32(36)31(26)35)43-49(45,46)19-48-34(44)40-16-20-2-5-24(37)6-3-20/h2-15,17-18,43H,16,19,37H2,1H3,(H,40,44). The molecule has 3 aromatic heterocycles. The van der Waals surface area contributed by atoms with Crippen LogP contribution in [0.25, 0.3) is 44.3 Å². The lowest BCUT2D eigenvalue weighted by molar-refractivity contribution is 0.163. The summed E-state index contributed by atoms with van der Waals surface area (Å²) in [6.07, 6.45) is 5.44. The van der Waals surface area contributed by atoms with Crippen LogP contribution in [-0.4, -0.2) is 47.7 Å². The molecule has 3 aromatic carbocycles. The van der Waals surface area contributed by atoms with Gasteiger partial charge in [0, 0.05) is 52.3 Å². The molecule has 0 radical (unpaired) electrons. The number of carbonyl (C=O) groups is 1. The van der Waals surface area contributed by atoms with E-state index in [4.69, 9.17) is 15.2 Å². The summed E-state index contributed by atoms with van der Waals surface area (Å²) >= 11 is 0. The van der Waals surface area contributed by atoms with Gasteiger partial charge in [-0.2, -0.15) is 10.2 Å². The number of methoxy groups -OCH3 is 1. The number of pyridine rings is 2. The number of nitrogen functional groups attached to an aromatic ring is 1. The molecule has 4 N–H and O–H groups in total. The number of nitrogens with zero attached hydrogens (tertiary/aromatic N) is 4. The molecule has 0 aliphatic rings. The molecule has 3 heterocycles. The van der Waals surface area contributed by atoms with Crippen molar-refractivity contribution < 1.29 is 31.5 Å². The molecule has 1 amide bonds. The summed E-state index contributed by atoms with van der Waals surface area (Å²) in [4.78, 5) is 20.8. The minimum absolute atomic E-state index is 0.0137. The predicted molar refractivity (Wildman–Crippen MR) is 179 cm³/mol. The number of alkyl carbamates (subject to hydrolysis) is 1. The van der Waals surface area contributed by atoms with Crippen molar-refractivity contribution in [3.05, 3.63) is 115 Å². The monoisotopic (exact) mass is 683 g/mol. The second kappa shape index (κ2) is 13.9. The summed E-state index contributed by atoms with van der Waals surface area (Å²) < 4.78 is 68.2. The van der Waals surface area contributed by atoms with Gasteiger partial charge in [-0.25, -0.2) is 27.0 Å². The first-order chi connectivity index (χ1) is 23.6. The normalized spacial score (nSPS) is 11.2. The van der Waals surface area contributed by atoms with E-state index < -0.39 is 39.4 Å². The van der Waals surface area contributed by atoms with E-state index in [2.05, 4.69) is 25.5 Å². The Bertz CT molecular complexity index is 2280. The zero-order valence-corrected chi connectivity index (χ0v) is 26.5. The number of hydrogen-bond acceptors (Lipinski definition) is 10. The third-order valence-corrected chi connectivity index (χ3v) is 8.37. The van der Waals surface area contributed by atoms with Gasteiger partial charge in [0.15, 0.2) is 11.6 Å². The van der Waals surface area contributed by atoms with E-state index in [1.165, 1.54) is 19.4 Å². The first-order valence-corrected chi connectivity index (χ1v) is 16.2. The Labute approximate surface area is 279 Å². The number of aromatic nitrogens is 4. The van der Waals surface area contributed by atoms with Crippen molar-refractivity contribution in [3.63, 3.8) is 0 Å². The molecule has 6 rings (SSSR count). The van der Waals surface area contributed by atoms with E-state index in [9.17, 15) is 13.2 Å². The van der Waals surface area contributed by atoms with Crippen LogP contribution < -0.4 is 20.5 Å². The molecule has 0 bridgehead atoms. The lowest BCUT2D eigenvalue weighted by atomic mass is 9.97. The van der Waals surface area contributed by atoms with Crippen LogP contribution in [-0.2, 0) is 21.3 Å². The Morgan fingerprint density at radius 3 is 2.39 bits per heavy atom. The van der Waals surface area contributed by atoms with Crippen molar-refractivity contribution in [1.82, 2.24) is 25.5 Å². The fourth-order valence-corrected chi connectivity index (χ4v) is 5.83. The Morgan fingerprint density at radius 1 is 0.816 bits per heavy atom. The summed E-state index contributed by atoms with van der Waals surface area (Å²) in [6.45, 7) is 0.0514. The number of amides is 1. The van der Waals surface area contributed by atoms with E-state index in [0.29, 0.717) is 22.4 Å². The summed E-state index contributed by atoms with van der Waals surface area (Å²) in [7, 11) is -3.10. The zero-order chi connectivity index (χ0) is 34.5. The van der Waals surface area contributed by atoms with E-state index in [1.54, 1.807) is 48.9 Å². The Balaban J connectivity index is 1.22. The summed E-state index contributed by atoms with van der Waals surface area (Å²) in [5.41, 5.74) is 9.80.